The molecule has 1 unspecified atom stereocenters. The van der Waals surface area contributed by atoms with Gasteiger partial charge in [0.2, 0.25) is 0 Å². The Hall–Kier alpha value is -2.64. The van der Waals surface area contributed by atoms with Gasteiger partial charge in [-0.25, -0.2) is 4.98 Å². The number of ether oxygens (including phenoxy) is 1. The summed E-state index contributed by atoms with van der Waals surface area (Å²) in [5.74, 6) is 1.57. The first-order chi connectivity index (χ1) is 16.3. The van der Waals surface area contributed by atoms with Gasteiger partial charge in [-0.1, -0.05) is 11.6 Å². The number of imidazole rings is 1. The van der Waals surface area contributed by atoms with Crippen LogP contribution in [0.5, 0.6) is 0 Å². The molecule has 0 amide bonds. The number of halogens is 4. The summed E-state index contributed by atoms with van der Waals surface area (Å²) in [7, 11) is 1.69. The van der Waals surface area contributed by atoms with Crippen molar-refractivity contribution in [3.8, 4) is 0 Å². The lowest BCUT2D eigenvalue weighted by Crippen LogP contribution is -2.24. The van der Waals surface area contributed by atoms with Gasteiger partial charge in [0.1, 0.15) is 5.82 Å². The monoisotopic (exact) mass is 487 g/mol. The number of nitrogens with one attached hydrogen (secondary N) is 1. The maximum absolute atomic E-state index is 13.3. The topological polar surface area (TPSA) is 50.8 Å². The number of methoxy groups -OCH3 is 1. The molecule has 0 saturated heterocycles. The van der Waals surface area contributed by atoms with Crippen LogP contribution in [0.15, 0.2) is 48.7 Å². The van der Waals surface area contributed by atoms with E-state index in [0.717, 1.165) is 54.2 Å². The fraction of sp³-hybridized carbons (Fsp3) is 0.385. The summed E-state index contributed by atoms with van der Waals surface area (Å²) in [5, 5.41) is 1.26. The Labute approximate surface area is 200 Å². The zero-order valence-corrected chi connectivity index (χ0v) is 19.5. The number of alkyl halides is 3. The number of aromatic amines is 1. The minimum atomic E-state index is -4.37. The van der Waals surface area contributed by atoms with Crippen LogP contribution in [0.4, 0.5) is 13.2 Å². The van der Waals surface area contributed by atoms with E-state index in [0.29, 0.717) is 28.5 Å². The SMILES string of the molecule is COCC(c1nc2ccc(Cl)cc2[nH]1)[C@H]1CC[C@@H](c2ccnc3ccc(C(F)(F)F)cc32)CC1. The van der Waals surface area contributed by atoms with Crippen LogP contribution < -0.4 is 0 Å². The van der Waals surface area contributed by atoms with Crippen LogP contribution in [0.25, 0.3) is 21.9 Å². The van der Waals surface area contributed by atoms with Crippen LogP contribution in [0.1, 0.15) is 54.5 Å². The molecule has 2 aromatic carbocycles. The molecule has 4 aromatic rings. The Morgan fingerprint density at radius 1 is 1.06 bits per heavy atom. The Morgan fingerprint density at radius 3 is 2.56 bits per heavy atom. The van der Waals surface area contributed by atoms with Gasteiger partial charge in [0.05, 0.1) is 28.7 Å². The maximum Gasteiger partial charge on any atom is 0.416 e. The molecule has 0 spiro atoms. The lowest BCUT2D eigenvalue weighted by atomic mass is 9.73. The number of hydrogen-bond donors (Lipinski definition) is 1. The van der Waals surface area contributed by atoms with Gasteiger partial charge in [-0.05, 0) is 85.5 Å². The molecule has 34 heavy (non-hydrogen) atoms. The van der Waals surface area contributed by atoms with Gasteiger partial charge >= 0.3 is 6.18 Å². The predicted molar refractivity (Wildman–Crippen MR) is 127 cm³/mol. The van der Waals surface area contributed by atoms with Gasteiger partial charge < -0.3 is 9.72 Å². The Morgan fingerprint density at radius 2 is 1.82 bits per heavy atom. The molecule has 4 nitrogen and oxygen atoms in total. The van der Waals surface area contributed by atoms with Crippen molar-refractivity contribution >= 4 is 33.5 Å². The molecule has 1 atom stereocenters. The number of fused-ring (bicyclic) bond motifs is 2. The van der Waals surface area contributed by atoms with Gasteiger partial charge in [-0.2, -0.15) is 13.2 Å². The predicted octanol–water partition coefficient (Wildman–Crippen LogP) is 7.49. The van der Waals surface area contributed by atoms with E-state index in [9.17, 15) is 13.2 Å². The second kappa shape index (κ2) is 9.19. The van der Waals surface area contributed by atoms with Crippen LogP contribution in [0.2, 0.25) is 5.02 Å². The molecule has 0 aliphatic heterocycles. The third-order valence-corrected chi connectivity index (χ3v) is 7.28. The summed E-state index contributed by atoms with van der Waals surface area (Å²) >= 11 is 6.13. The quantitative estimate of drug-likeness (QED) is 0.317. The summed E-state index contributed by atoms with van der Waals surface area (Å²) in [4.78, 5) is 12.5. The van der Waals surface area contributed by atoms with Crippen molar-refractivity contribution in [1.29, 1.82) is 0 Å². The van der Waals surface area contributed by atoms with Gasteiger partial charge in [-0.3, -0.25) is 4.98 Å². The second-order valence-electron chi connectivity index (χ2n) is 9.09. The molecule has 1 aliphatic rings. The van der Waals surface area contributed by atoms with Crippen molar-refractivity contribution < 1.29 is 17.9 Å². The highest BCUT2D eigenvalue weighted by Gasteiger charge is 2.33. The fourth-order valence-corrected chi connectivity index (χ4v) is 5.50. The Bertz CT molecular complexity index is 1310. The first-order valence-electron chi connectivity index (χ1n) is 11.4. The van der Waals surface area contributed by atoms with Gasteiger partial charge in [0.25, 0.3) is 0 Å². The van der Waals surface area contributed by atoms with Crippen molar-refractivity contribution in [2.45, 2.75) is 43.7 Å². The number of H-pyrrole nitrogens is 1. The summed E-state index contributed by atoms with van der Waals surface area (Å²) in [6.45, 7) is 0.552. The highest BCUT2D eigenvalue weighted by atomic mass is 35.5. The molecular weight excluding hydrogens is 463 g/mol. The third-order valence-electron chi connectivity index (χ3n) is 7.04. The molecule has 8 heteroatoms. The third kappa shape index (κ3) is 4.51. The van der Waals surface area contributed by atoms with Crippen LogP contribution >= 0.6 is 11.6 Å². The zero-order valence-electron chi connectivity index (χ0n) is 18.7. The van der Waals surface area contributed by atoms with E-state index in [1.54, 1.807) is 13.3 Å². The minimum Gasteiger partial charge on any atom is -0.384 e. The molecule has 1 fully saturated rings. The second-order valence-corrected chi connectivity index (χ2v) is 9.52. The standard InChI is InChI=1S/C26H25ClF3N3O/c1-34-14-21(25-32-23-9-7-18(27)13-24(23)33-25)16-4-2-15(3-5-16)19-10-11-31-22-8-6-17(12-20(19)22)26(28,29)30/h6-13,15-16,21H,2-5,14H2,1H3,(H,32,33)/t15-,16+,21?. The normalized spacial score (nSPS) is 20.1. The van der Waals surface area contributed by atoms with E-state index in [-0.39, 0.29) is 11.8 Å². The molecule has 1 aliphatic carbocycles. The Balaban J connectivity index is 1.38. The first kappa shape index (κ1) is 23.1. The Kier molecular flexibility index (Phi) is 6.25. The maximum atomic E-state index is 13.3. The summed E-state index contributed by atoms with van der Waals surface area (Å²) in [6, 6.07) is 11.3. The van der Waals surface area contributed by atoms with Crippen LogP contribution in [0.3, 0.4) is 0 Å². The van der Waals surface area contributed by atoms with E-state index in [1.807, 2.05) is 24.3 Å². The van der Waals surface area contributed by atoms with E-state index in [2.05, 4.69) is 9.97 Å². The van der Waals surface area contributed by atoms with Gasteiger partial charge in [0.15, 0.2) is 0 Å². The molecular formula is C26H25ClF3N3O. The number of rotatable bonds is 5. The molecule has 178 valence electrons. The van der Waals surface area contributed by atoms with Crippen molar-refractivity contribution in [3.63, 3.8) is 0 Å². The van der Waals surface area contributed by atoms with E-state index in [1.165, 1.54) is 12.1 Å². The number of hydrogen-bond acceptors (Lipinski definition) is 3. The largest absolute Gasteiger partial charge is 0.416 e. The number of pyridine rings is 1. The molecule has 5 rings (SSSR count). The fourth-order valence-electron chi connectivity index (χ4n) is 5.33. The highest BCUT2D eigenvalue weighted by Crippen LogP contribution is 2.44. The first-order valence-corrected chi connectivity index (χ1v) is 11.8. The molecule has 0 bridgehead atoms. The lowest BCUT2D eigenvalue weighted by Gasteiger charge is -2.33. The van der Waals surface area contributed by atoms with Crippen LogP contribution in [-0.2, 0) is 10.9 Å². The number of benzene rings is 2. The summed E-state index contributed by atoms with van der Waals surface area (Å²) in [6.07, 6.45) is 1.00. The summed E-state index contributed by atoms with van der Waals surface area (Å²) in [5.41, 5.74) is 2.70. The van der Waals surface area contributed by atoms with Crippen molar-refractivity contribution in [2.24, 2.45) is 5.92 Å². The minimum absolute atomic E-state index is 0.114. The van der Waals surface area contributed by atoms with Crippen molar-refractivity contribution in [3.05, 3.63) is 70.6 Å². The van der Waals surface area contributed by atoms with E-state index in [4.69, 9.17) is 21.3 Å². The molecule has 2 aromatic heterocycles. The van der Waals surface area contributed by atoms with Gasteiger partial charge in [-0.15, -0.1) is 0 Å². The van der Waals surface area contributed by atoms with Crippen LogP contribution in [-0.4, -0.2) is 28.7 Å². The van der Waals surface area contributed by atoms with Crippen molar-refractivity contribution in [1.82, 2.24) is 15.0 Å². The summed E-state index contributed by atoms with van der Waals surface area (Å²) < 4.78 is 45.5. The number of aromatic nitrogens is 3. The van der Waals surface area contributed by atoms with Crippen molar-refractivity contribution in [2.75, 3.05) is 13.7 Å². The molecule has 1 saturated carbocycles. The number of nitrogens with zero attached hydrogens (tertiary/aromatic N) is 2. The average molecular weight is 488 g/mol. The highest BCUT2D eigenvalue weighted by molar-refractivity contribution is 6.31. The van der Waals surface area contributed by atoms with Crippen LogP contribution in [0, 0.1) is 5.92 Å². The average Bonchev–Trinajstić information content (AvgIpc) is 3.24. The smallest absolute Gasteiger partial charge is 0.384 e. The molecule has 0 radical (unpaired) electrons. The van der Waals surface area contributed by atoms with E-state index < -0.39 is 11.7 Å². The lowest BCUT2D eigenvalue weighted by molar-refractivity contribution is -0.137. The molecule has 1 N–H and O–H groups in total. The molecule has 2 heterocycles. The van der Waals surface area contributed by atoms with Gasteiger partial charge in [0, 0.05) is 29.6 Å². The van der Waals surface area contributed by atoms with E-state index >= 15 is 0 Å². The zero-order chi connectivity index (χ0) is 23.9.